The minimum absolute atomic E-state index is 0.0149. The zero-order valence-electron chi connectivity index (χ0n) is 14.7. The highest BCUT2D eigenvalue weighted by Gasteiger charge is 2.11. The molecule has 0 saturated carbocycles. The standard InChI is InChI=1S/C17H24N2O6/c1-4-23-13-7-5-6-8-14(13)24-11-17(22)25-10-16(21)18-9-15(20)19-12(2)3/h5-8,12H,4,9-11H2,1-3H3,(H,18,21)(H,19,20). The largest absolute Gasteiger partial charge is 0.490 e. The third-order valence-corrected chi connectivity index (χ3v) is 2.75. The van der Waals surface area contributed by atoms with Crippen molar-refractivity contribution in [3.63, 3.8) is 0 Å². The molecule has 0 atom stereocenters. The number of esters is 1. The van der Waals surface area contributed by atoms with E-state index < -0.39 is 18.5 Å². The highest BCUT2D eigenvalue weighted by Crippen LogP contribution is 2.26. The summed E-state index contributed by atoms with van der Waals surface area (Å²) in [7, 11) is 0. The minimum atomic E-state index is -0.701. The van der Waals surface area contributed by atoms with E-state index in [2.05, 4.69) is 10.6 Å². The van der Waals surface area contributed by atoms with Crippen molar-refractivity contribution in [1.82, 2.24) is 10.6 Å². The lowest BCUT2D eigenvalue weighted by atomic mass is 10.3. The second kappa shape index (κ2) is 10.9. The fourth-order valence-electron chi connectivity index (χ4n) is 1.77. The highest BCUT2D eigenvalue weighted by atomic mass is 16.6. The second-order valence-corrected chi connectivity index (χ2v) is 5.33. The molecule has 2 amide bonds. The number of carbonyl (C=O) groups is 3. The van der Waals surface area contributed by atoms with Gasteiger partial charge in [-0.3, -0.25) is 9.59 Å². The van der Waals surface area contributed by atoms with Crippen molar-refractivity contribution in [3.8, 4) is 11.5 Å². The molecule has 1 aromatic carbocycles. The molecule has 1 aromatic rings. The van der Waals surface area contributed by atoms with Gasteiger partial charge in [-0.15, -0.1) is 0 Å². The molecule has 0 bridgehead atoms. The Hall–Kier alpha value is -2.77. The summed E-state index contributed by atoms with van der Waals surface area (Å²) in [5.41, 5.74) is 0. The molecule has 0 spiro atoms. The molecule has 25 heavy (non-hydrogen) atoms. The summed E-state index contributed by atoms with van der Waals surface area (Å²) in [6.45, 7) is 4.92. The SMILES string of the molecule is CCOc1ccccc1OCC(=O)OCC(=O)NCC(=O)NC(C)C. The van der Waals surface area contributed by atoms with Crippen LogP contribution in [-0.2, 0) is 19.1 Å². The Balaban J connectivity index is 2.29. The Morgan fingerprint density at radius 1 is 1.00 bits per heavy atom. The van der Waals surface area contributed by atoms with Crippen LogP contribution in [0.15, 0.2) is 24.3 Å². The van der Waals surface area contributed by atoms with E-state index in [-0.39, 0.29) is 25.1 Å². The molecule has 2 N–H and O–H groups in total. The molecule has 0 unspecified atom stereocenters. The Morgan fingerprint density at radius 2 is 1.64 bits per heavy atom. The molecule has 0 radical (unpaired) electrons. The van der Waals surface area contributed by atoms with Gasteiger partial charge in [-0.05, 0) is 32.9 Å². The average Bonchev–Trinajstić information content (AvgIpc) is 2.57. The van der Waals surface area contributed by atoms with E-state index in [0.717, 1.165) is 0 Å². The molecule has 138 valence electrons. The molecule has 0 saturated heterocycles. The molecule has 8 heteroatoms. The fraction of sp³-hybridized carbons (Fsp3) is 0.471. The Labute approximate surface area is 146 Å². The topological polar surface area (TPSA) is 103 Å². The molecular weight excluding hydrogens is 328 g/mol. The van der Waals surface area contributed by atoms with Crippen LogP contribution in [0.5, 0.6) is 11.5 Å². The zero-order valence-corrected chi connectivity index (χ0v) is 14.7. The summed E-state index contributed by atoms with van der Waals surface area (Å²) in [6, 6.07) is 6.91. The number of amides is 2. The van der Waals surface area contributed by atoms with Crippen molar-refractivity contribution in [3.05, 3.63) is 24.3 Å². The lowest BCUT2D eigenvalue weighted by molar-refractivity contribution is -0.150. The van der Waals surface area contributed by atoms with Gasteiger partial charge in [0.1, 0.15) is 0 Å². The summed E-state index contributed by atoms with van der Waals surface area (Å²) in [5.74, 6) is -0.650. The van der Waals surface area contributed by atoms with Crippen molar-refractivity contribution in [2.24, 2.45) is 0 Å². The van der Waals surface area contributed by atoms with Gasteiger partial charge < -0.3 is 24.8 Å². The van der Waals surface area contributed by atoms with Crippen molar-refractivity contribution in [1.29, 1.82) is 0 Å². The lowest BCUT2D eigenvalue weighted by Gasteiger charge is -2.11. The van der Waals surface area contributed by atoms with Crippen LogP contribution in [0, 0.1) is 0 Å². The molecule has 1 rings (SSSR count). The maximum atomic E-state index is 11.6. The highest BCUT2D eigenvalue weighted by molar-refractivity contribution is 5.86. The van der Waals surface area contributed by atoms with Crippen LogP contribution in [0.2, 0.25) is 0 Å². The quantitative estimate of drug-likeness (QED) is 0.599. The maximum absolute atomic E-state index is 11.6. The predicted molar refractivity (Wildman–Crippen MR) is 90.4 cm³/mol. The molecule has 8 nitrogen and oxygen atoms in total. The predicted octanol–water partition coefficient (Wildman–Crippen LogP) is 0.648. The first-order valence-electron chi connectivity index (χ1n) is 7.98. The number of rotatable bonds is 10. The van der Waals surface area contributed by atoms with Crippen LogP contribution < -0.4 is 20.1 Å². The van der Waals surface area contributed by atoms with Crippen molar-refractivity contribution in [2.45, 2.75) is 26.8 Å². The monoisotopic (exact) mass is 352 g/mol. The second-order valence-electron chi connectivity index (χ2n) is 5.33. The van der Waals surface area contributed by atoms with Gasteiger partial charge >= 0.3 is 5.97 Å². The normalized spacial score (nSPS) is 10.1. The van der Waals surface area contributed by atoms with Crippen LogP contribution in [0.25, 0.3) is 0 Å². The molecule has 0 aliphatic heterocycles. The summed E-state index contributed by atoms with van der Waals surface area (Å²) < 4.78 is 15.5. The third kappa shape index (κ3) is 8.59. The van der Waals surface area contributed by atoms with Gasteiger partial charge in [0.25, 0.3) is 5.91 Å². The first-order valence-corrected chi connectivity index (χ1v) is 7.98. The molecular formula is C17H24N2O6. The van der Waals surface area contributed by atoms with Crippen LogP contribution in [-0.4, -0.2) is 50.2 Å². The number of benzene rings is 1. The summed E-state index contributed by atoms with van der Waals surface area (Å²) >= 11 is 0. The van der Waals surface area contributed by atoms with Crippen LogP contribution >= 0.6 is 0 Å². The minimum Gasteiger partial charge on any atom is -0.490 e. The average molecular weight is 352 g/mol. The summed E-state index contributed by atoms with van der Waals surface area (Å²) in [6.07, 6.45) is 0. The molecule has 0 heterocycles. The summed E-state index contributed by atoms with van der Waals surface area (Å²) in [5, 5.41) is 4.98. The number of hydrogen-bond donors (Lipinski definition) is 2. The smallest absolute Gasteiger partial charge is 0.344 e. The van der Waals surface area contributed by atoms with Gasteiger partial charge in [0.15, 0.2) is 24.7 Å². The third-order valence-electron chi connectivity index (χ3n) is 2.75. The number of para-hydroxylation sites is 2. The van der Waals surface area contributed by atoms with Gasteiger partial charge in [-0.25, -0.2) is 4.79 Å². The van der Waals surface area contributed by atoms with Crippen LogP contribution in [0.4, 0.5) is 0 Å². The number of hydrogen-bond acceptors (Lipinski definition) is 6. The van der Waals surface area contributed by atoms with Crippen molar-refractivity contribution in [2.75, 3.05) is 26.4 Å². The van der Waals surface area contributed by atoms with Gasteiger partial charge in [0, 0.05) is 6.04 Å². The first kappa shape index (κ1) is 20.3. The number of nitrogens with one attached hydrogen (secondary N) is 2. The Kier molecular flexibility index (Phi) is 8.84. The molecule has 0 aromatic heterocycles. The van der Waals surface area contributed by atoms with E-state index >= 15 is 0 Å². The molecule has 0 fully saturated rings. The van der Waals surface area contributed by atoms with Crippen LogP contribution in [0.1, 0.15) is 20.8 Å². The first-order chi connectivity index (χ1) is 11.9. The maximum Gasteiger partial charge on any atom is 0.344 e. The van der Waals surface area contributed by atoms with Gasteiger partial charge in [-0.1, -0.05) is 12.1 Å². The van der Waals surface area contributed by atoms with E-state index in [0.29, 0.717) is 18.1 Å². The Morgan fingerprint density at radius 3 is 2.24 bits per heavy atom. The van der Waals surface area contributed by atoms with E-state index in [1.54, 1.807) is 24.3 Å². The number of carbonyl (C=O) groups excluding carboxylic acids is 3. The van der Waals surface area contributed by atoms with E-state index in [4.69, 9.17) is 14.2 Å². The van der Waals surface area contributed by atoms with E-state index in [1.807, 2.05) is 20.8 Å². The van der Waals surface area contributed by atoms with Crippen molar-refractivity contribution < 1.29 is 28.6 Å². The van der Waals surface area contributed by atoms with Crippen LogP contribution in [0.3, 0.4) is 0 Å². The number of ether oxygens (including phenoxy) is 3. The summed E-state index contributed by atoms with van der Waals surface area (Å²) in [4.78, 5) is 34.5. The van der Waals surface area contributed by atoms with Gasteiger partial charge in [-0.2, -0.15) is 0 Å². The zero-order chi connectivity index (χ0) is 18.7. The van der Waals surface area contributed by atoms with E-state index in [9.17, 15) is 14.4 Å². The fourth-order valence-corrected chi connectivity index (χ4v) is 1.77. The van der Waals surface area contributed by atoms with Gasteiger partial charge in [0.2, 0.25) is 5.91 Å². The van der Waals surface area contributed by atoms with Gasteiger partial charge in [0.05, 0.1) is 13.2 Å². The molecule has 0 aliphatic carbocycles. The molecule has 0 aliphatic rings. The lowest BCUT2D eigenvalue weighted by Crippen LogP contribution is -2.41. The van der Waals surface area contributed by atoms with E-state index in [1.165, 1.54) is 0 Å². The van der Waals surface area contributed by atoms with Crippen molar-refractivity contribution >= 4 is 17.8 Å². The Bertz CT molecular complexity index is 588.